The summed E-state index contributed by atoms with van der Waals surface area (Å²) in [5.41, 5.74) is 0. The van der Waals surface area contributed by atoms with Crippen LogP contribution in [-0.2, 0) is 11.3 Å². The lowest BCUT2D eigenvalue weighted by Gasteiger charge is -2.36. The number of aromatic nitrogens is 3. The van der Waals surface area contributed by atoms with E-state index in [9.17, 15) is 4.79 Å². The fourth-order valence-electron chi connectivity index (χ4n) is 3.90. The predicted molar refractivity (Wildman–Crippen MR) is 85.6 cm³/mol. The van der Waals surface area contributed by atoms with E-state index >= 15 is 0 Å². The molecule has 1 aliphatic heterocycles. The van der Waals surface area contributed by atoms with Crippen LogP contribution in [0.15, 0.2) is 0 Å². The topological polar surface area (TPSA) is 51.0 Å². The third-order valence-corrected chi connectivity index (χ3v) is 5.10. The molecule has 1 aromatic heterocycles. The minimum absolute atomic E-state index is 0.347. The highest BCUT2D eigenvalue weighted by atomic mass is 16.2. The highest BCUT2D eigenvalue weighted by Gasteiger charge is 2.34. The van der Waals surface area contributed by atoms with E-state index in [1.165, 1.54) is 25.7 Å². The number of carbonyl (C=O) groups is 1. The SMILES string of the molecule is CCCCn1nc(C)nc1[C@@H]1CCC(=O)N(C2CCCC2)C1. The lowest BCUT2D eigenvalue weighted by atomic mass is 9.95. The van der Waals surface area contributed by atoms with Gasteiger partial charge in [-0.1, -0.05) is 26.2 Å². The van der Waals surface area contributed by atoms with Crippen molar-refractivity contribution in [3.8, 4) is 0 Å². The zero-order valence-electron chi connectivity index (χ0n) is 13.9. The normalized spacial score (nSPS) is 23.5. The van der Waals surface area contributed by atoms with Crippen molar-refractivity contribution in [3.63, 3.8) is 0 Å². The van der Waals surface area contributed by atoms with Crippen LogP contribution in [0.2, 0.25) is 0 Å². The average molecular weight is 304 g/mol. The van der Waals surface area contributed by atoms with Crippen LogP contribution >= 0.6 is 0 Å². The molecule has 22 heavy (non-hydrogen) atoms. The first-order valence-corrected chi connectivity index (χ1v) is 8.90. The summed E-state index contributed by atoms with van der Waals surface area (Å²) in [5.74, 6) is 2.66. The lowest BCUT2D eigenvalue weighted by molar-refractivity contribution is -0.136. The molecule has 0 bridgehead atoms. The Morgan fingerprint density at radius 1 is 1.23 bits per heavy atom. The Labute approximate surface area is 133 Å². The molecule has 1 saturated heterocycles. The minimum atomic E-state index is 0.347. The minimum Gasteiger partial charge on any atom is -0.339 e. The van der Waals surface area contributed by atoms with Gasteiger partial charge in [0, 0.05) is 31.5 Å². The molecule has 1 aromatic rings. The molecule has 0 radical (unpaired) electrons. The lowest BCUT2D eigenvalue weighted by Crippen LogP contribution is -2.45. The molecule has 1 saturated carbocycles. The molecule has 0 unspecified atom stereocenters. The Bertz CT molecular complexity index is 519. The van der Waals surface area contributed by atoms with Gasteiger partial charge >= 0.3 is 0 Å². The molecule has 122 valence electrons. The van der Waals surface area contributed by atoms with Crippen LogP contribution in [0, 0.1) is 6.92 Å². The number of rotatable bonds is 5. The van der Waals surface area contributed by atoms with Gasteiger partial charge < -0.3 is 4.90 Å². The molecule has 0 spiro atoms. The van der Waals surface area contributed by atoms with Crippen molar-refractivity contribution in [1.82, 2.24) is 19.7 Å². The smallest absolute Gasteiger partial charge is 0.222 e. The predicted octanol–water partition coefficient (Wildman–Crippen LogP) is 3.04. The third kappa shape index (κ3) is 3.18. The summed E-state index contributed by atoms with van der Waals surface area (Å²) in [4.78, 5) is 19.1. The van der Waals surface area contributed by atoms with Gasteiger partial charge in [-0.05, 0) is 32.6 Å². The van der Waals surface area contributed by atoms with Crippen LogP contribution in [-0.4, -0.2) is 38.2 Å². The van der Waals surface area contributed by atoms with Crippen molar-refractivity contribution in [2.75, 3.05) is 6.54 Å². The van der Waals surface area contributed by atoms with Gasteiger partial charge in [0.15, 0.2) is 0 Å². The number of hydrogen-bond acceptors (Lipinski definition) is 3. The Morgan fingerprint density at radius 2 is 2.00 bits per heavy atom. The van der Waals surface area contributed by atoms with E-state index in [0.29, 0.717) is 24.3 Å². The number of aryl methyl sites for hydroxylation is 2. The second-order valence-corrected chi connectivity index (χ2v) is 6.81. The van der Waals surface area contributed by atoms with Gasteiger partial charge in [0.1, 0.15) is 11.6 Å². The summed E-state index contributed by atoms with van der Waals surface area (Å²) < 4.78 is 2.09. The van der Waals surface area contributed by atoms with Gasteiger partial charge in [-0.3, -0.25) is 4.79 Å². The Kier molecular flexibility index (Phi) is 4.79. The number of nitrogens with zero attached hydrogens (tertiary/aromatic N) is 4. The molecule has 5 heteroatoms. The van der Waals surface area contributed by atoms with E-state index in [-0.39, 0.29) is 0 Å². The molecule has 1 aliphatic carbocycles. The van der Waals surface area contributed by atoms with Gasteiger partial charge in [-0.25, -0.2) is 9.67 Å². The van der Waals surface area contributed by atoms with Crippen LogP contribution < -0.4 is 0 Å². The van der Waals surface area contributed by atoms with Gasteiger partial charge in [-0.15, -0.1) is 0 Å². The van der Waals surface area contributed by atoms with E-state index in [0.717, 1.165) is 44.0 Å². The quantitative estimate of drug-likeness (QED) is 0.840. The zero-order chi connectivity index (χ0) is 15.5. The van der Waals surface area contributed by atoms with Crippen molar-refractivity contribution in [1.29, 1.82) is 0 Å². The molecular formula is C17H28N4O. The molecular weight excluding hydrogens is 276 g/mol. The van der Waals surface area contributed by atoms with Crippen LogP contribution in [0.3, 0.4) is 0 Å². The fourth-order valence-corrected chi connectivity index (χ4v) is 3.90. The molecule has 0 N–H and O–H groups in total. The number of unbranched alkanes of at least 4 members (excludes halogenated alkanes) is 1. The van der Waals surface area contributed by atoms with Crippen molar-refractivity contribution >= 4 is 5.91 Å². The molecule has 2 fully saturated rings. The first-order chi connectivity index (χ1) is 10.7. The van der Waals surface area contributed by atoms with E-state index < -0.39 is 0 Å². The first-order valence-electron chi connectivity index (χ1n) is 8.90. The average Bonchev–Trinajstić information content (AvgIpc) is 3.15. The molecule has 3 rings (SSSR count). The Balaban J connectivity index is 1.75. The molecule has 1 amide bonds. The van der Waals surface area contributed by atoms with Crippen LogP contribution in [0.5, 0.6) is 0 Å². The van der Waals surface area contributed by atoms with E-state index in [4.69, 9.17) is 0 Å². The second-order valence-electron chi connectivity index (χ2n) is 6.81. The number of piperidine rings is 1. The summed E-state index contributed by atoms with van der Waals surface area (Å²) in [6, 6.07) is 0.475. The summed E-state index contributed by atoms with van der Waals surface area (Å²) in [6.45, 7) is 5.95. The number of hydrogen-bond donors (Lipinski definition) is 0. The van der Waals surface area contributed by atoms with Gasteiger partial charge in [0.05, 0.1) is 0 Å². The molecule has 2 heterocycles. The summed E-state index contributed by atoms with van der Waals surface area (Å²) in [6.07, 6.45) is 8.78. The highest BCUT2D eigenvalue weighted by molar-refractivity contribution is 5.77. The van der Waals surface area contributed by atoms with E-state index in [2.05, 4.69) is 26.6 Å². The number of likely N-dealkylation sites (tertiary alicyclic amines) is 1. The number of amides is 1. The maximum atomic E-state index is 12.3. The largest absolute Gasteiger partial charge is 0.339 e. The first kappa shape index (κ1) is 15.5. The Hall–Kier alpha value is -1.39. The van der Waals surface area contributed by atoms with Gasteiger partial charge in [-0.2, -0.15) is 5.10 Å². The highest BCUT2D eigenvalue weighted by Crippen LogP contribution is 2.32. The maximum Gasteiger partial charge on any atom is 0.222 e. The van der Waals surface area contributed by atoms with Crippen molar-refractivity contribution in [2.45, 2.75) is 83.7 Å². The van der Waals surface area contributed by atoms with Crippen LogP contribution in [0.25, 0.3) is 0 Å². The summed E-state index contributed by atoms with van der Waals surface area (Å²) in [7, 11) is 0. The van der Waals surface area contributed by atoms with E-state index in [1.807, 2.05) is 6.92 Å². The molecule has 5 nitrogen and oxygen atoms in total. The molecule has 2 aliphatic rings. The van der Waals surface area contributed by atoms with Crippen molar-refractivity contribution in [3.05, 3.63) is 11.6 Å². The third-order valence-electron chi connectivity index (χ3n) is 5.10. The standard InChI is InChI=1S/C17H28N4O/c1-3-4-11-21-17(18-13(2)19-21)14-9-10-16(22)20(12-14)15-7-5-6-8-15/h14-15H,3-12H2,1-2H3/t14-/m1/s1. The van der Waals surface area contributed by atoms with Crippen LogP contribution in [0.4, 0.5) is 0 Å². The van der Waals surface area contributed by atoms with Crippen molar-refractivity contribution in [2.24, 2.45) is 0 Å². The second kappa shape index (κ2) is 6.80. The summed E-state index contributed by atoms with van der Waals surface area (Å²) >= 11 is 0. The van der Waals surface area contributed by atoms with Crippen LogP contribution in [0.1, 0.15) is 75.9 Å². The summed E-state index contributed by atoms with van der Waals surface area (Å²) in [5, 5.41) is 4.57. The molecule has 0 aromatic carbocycles. The number of carbonyl (C=O) groups excluding carboxylic acids is 1. The fraction of sp³-hybridized carbons (Fsp3) is 0.824. The zero-order valence-corrected chi connectivity index (χ0v) is 13.9. The monoisotopic (exact) mass is 304 g/mol. The van der Waals surface area contributed by atoms with Gasteiger partial charge in [0.25, 0.3) is 0 Å². The molecule has 1 atom stereocenters. The van der Waals surface area contributed by atoms with E-state index in [1.54, 1.807) is 0 Å². The van der Waals surface area contributed by atoms with Gasteiger partial charge in [0.2, 0.25) is 5.91 Å². The Morgan fingerprint density at radius 3 is 2.73 bits per heavy atom. The maximum absolute atomic E-state index is 12.3. The van der Waals surface area contributed by atoms with Crippen molar-refractivity contribution < 1.29 is 4.79 Å².